The molecule has 0 aliphatic rings. The SMILES string of the molecule is O=c1[nH][nH]c(-c2ccc([N+](=O)[O-])cc2)c1N=Nc1cccc(Cl)c1. The van der Waals surface area contributed by atoms with Crippen LogP contribution in [0.5, 0.6) is 0 Å². The van der Waals surface area contributed by atoms with Crippen LogP contribution in [0.1, 0.15) is 0 Å². The van der Waals surface area contributed by atoms with Gasteiger partial charge in [0.1, 0.15) is 0 Å². The van der Waals surface area contributed by atoms with Crippen LogP contribution in [-0.4, -0.2) is 15.1 Å². The van der Waals surface area contributed by atoms with Crippen LogP contribution >= 0.6 is 11.6 Å². The lowest BCUT2D eigenvalue weighted by molar-refractivity contribution is -0.384. The number of aromatic nitrogens is 2. The first-order chi connectivity index (χ1) is 11.5. The third-order valence-corrected chi connectivity index (χ3v) is 3.43. The molecule has 9 heteroatoms. The summed E-state index contributed by atoms with van der Waals surface area (Å²) in [5, 5.41) is 24.3. The molecule has 1 heterocycles. The summed E-state index contributed by atoms with van der Waals surface area (Å²) in [4.78, 5) is 22.1. The van der Waals surface area contributed by atoms with Gasteiger partial charge in [-0.15, -0.1) is 5.11 Å². The summed E-state index contributed by atoms with van der Waals surface area (Å²) in [7, 11) is 0. The van der Waals surface area contributed by atoms with E-state index in [1.807, 2.05) is 0 Å². The molecule has 0 saturated carbocycles. The molecule has 0 aliphatic heterocycles. The van der Waals surface area contributed by atoms with E-state index in [0.29, 0.717) is 22.0 Å². The summed E-state index contributed by atoms with van der Waals surface area (Å²) in [5.74, 6) is 0. The van der Waals surface area contributed by atoms with Crippen molar-refractivity contribution in [1.82, 2.24) is 10.2 Å². The number of azo groups is 1. The number of nitrogens with zero attached hydrogens (tertiary/aromatic N) is 3. The van der Waals surface area contributed by atoms with Gasteiger partial charge in [0, 0.05) is 22.7 Å². The first kappa shape index (κ1) is 15.6. The zero-order valence-corrected chi connectivity index (χ0v) is 12.8. The number of benzene rings is 2. The molecule has 2 N–H and O–H groups in total. The molecule has 3 aromatic rings. The fraction of sp³-hybridized carbons (Fsp3) is 0. The Bertz CT molecular complexity index is 975. The highest BCUT2D eigenvalue weighted by atomic mass is 35.5. The molecule has 0 aliphatic carbocycles. The van der Waals surface area contributed by atoms with Crippen molar-refractivity contribution in [2.75, 3.05) is 0 Å². The molecular formula is C15H10ClN5O3. The molecule has 0 fully saturated rings. The van der Waals surface area contributed by atoms with Gasteiger partial charge in [-0.3, -0.25) is 25.1 Å². The number of H-pyrrole nitrogens is 2. The van der Waals surface area contributed by atoms with Gasteiger partial charge in [-0.2, -0.15) is 5.11 Å². The lowest BCUT2D eigenvalue weighted by Gasteiger charge is -1.99. The first-order valence-corrected chi connectivity index (χ1v) is 7.15. The Kier molecular flexibility index (Phi) is 4.21. The number of halogens is 1. The Labute approximate surface area is 140 Å². The van der Waals surface area contributed by atoms with Crippen molar-refractivity contribution in [3.63, 3.8) is 0 Å². The molecule has 3 rings (SSSR count). The van der Waals surface area contributed by atoms with Crippen LogP contribution in [0.25, 0.3) is 11.3 Å². The zero-order valence-electron chi connectivity index (χ0n) is 12.1. The van der Waals surface area contributed by atoms with Crippen LogP contribution in [0.15, 0.2) is 63.6 Å². The van der Waals surface area contributed by atoms with E-state index in [2.05, 4.69) is 20.4 Å². The molecule has 24 heavy (non-hydrogen) atoms. The predicted molar refractivity (Wildman–Crippen MR) is 89.1 cm³/mol. The minimum atomic E-state index is -0.497. The lowest BCUT2D eigenvalue weighted by Crippen LogP contribution is -1.96. The van der Waals surface area contributed by atoms with Gasteiger partial charge in [-0.05, 0) is 30.3 Å². The van der Waals surface area contributed by atoms with Crippen LogP contribution < -0.4 is 5.56 Å². The van der Waals surface area contributed by atoms with Gasteiger partial charge in [0.15, 0.2) is 5.69 Å². The second-order valence-corrected chi connectivity index (χ2v) is 5.22. The van der Waals surface area contributed by atoms with E-state index in [1.165, 1.54) is 24.3 Å². The maximum absolute atomic E-state index is 11.9. The Morgan fingerprint density at radius 1 is 1.04 bits per heavy atom. The number of nitro benzene ring substituents is 1. The topological polar surface area (TPSA) is 117 Å². The van der Waals surface area contributed by atoms with E-state index < -0.39 is 10.5 Å². The summed E-state index contributed by atoms with van der Waals surface area (Å²) in [5.41, 5.74) is 1.04. The number of aromatic amines is 2. The average molecular weight is 344 g/mol. The molecule has 120 valence electrons. The van der Waals surface area contributed by atoms with Gasteiger partial charge >= 0.3 is 0 Å². The summed E-state index contributed by atoms with van der Waals surface area (Å²) in [6.45, 7) is 0. The highest BCUT2D eigenvalue weighted by molar-refractivity contribution is 6.30. The molecule has 0 atom stereocenters. The van der Waals surface area contributed by atoms with Crippen LogP contribution in [0.4, 0.5) is 17.1 Å². The predicted octanol–water partition coefficient (Wildman–Crippen LogP) is 4.35. The van der Waals surface area contributed by atoms with E-state index in [0.717, 1.165) is 0 Å². The van der Waals surface area contributed by atoms with Crippen LogP contribution in [0.3, 0.4) is 0 Å². The van der Waals surface area contributed by atoms with Crippen molar-refractivity contribution in [1.29, 1.82) is 0 Å². The number of rotatable bonds is 4. The average Bonchev–Trinajstić information content (AvgIpc) is 2.94. The normalized spacial score (nSPS) is 11.0. The van der Waals surface area contributed by atoms with E-state index in [1.54, 1.807) is 24.3 Å². The summed E-state index contributed by atoms with van der Waals surface area (Å²) in [6, 6.07) is 12.5. The quantitative estimate of drug-likeness (QED) is 0.416. The van der Waals surface area contributed by atoms with Crippen LogP contribution in [-0.2, 0) is 0 Å². The van der Waals surface area contributed by atoms with Gasteiger partial charge in [0.2, 0.25) is 0 Å². The van der Waals surface area contributed by atoms with Crippen molar-refractivity contribution in [2.24, 2.45) is 10.2 Å². The highest BCUT2D eigenvalue weighted by Gasteiger charge is 2.13. The van der Waals surface area contributed by atoms with E-state index in [-0.39, 0.29) is 11.4 Å². The maximum Gasteiger partial charge on any atom is 0.292 e. The first-order valence-electron chi connectivity index (χ1n) is 6.77. The van der Waals surface area contributed by atoms with Gasteiger partial charge in [0.25, 0.3) is 11.2 Å². The standard InChI is InChI=1S/C15H10ClN5O3/c16-10-2-1-3-11(8-10)17-19-14-13(18-20-15(14)22)9-4-6-12(7-5-9)21(23)24/h1-8H,(H2,18,20,22). The molecule has 0 unspecified atom stereocenters. The van der Waals surface area contributed by atoms with Crippen LogP contribution in [0, 0.1) is 10.1 Å². The van der Waals surface area contributed by atoms with Crippen molar-refractivity contribution < 1.29 is 4.92 Å². The van der Waals surface area contributed by atoms with Crippen molar-refractivity contribution in [2.45, 2.75) is 0 Å². The zero-order chi connectivity index (χ0) is 17.1. The van der Waals surface area contributed by atoms with E-state index in [9.17, 15) is 14.9 Å². The Morgan fingerprint density at radius 3 is 2.46 bits per heavy atom. The van der Waals surface area contributed by atoms with Gasteiger partial charge in [0.05, 0.1) is 16.3 Å². The maximum atomic E-state index is 11.9. The van der Waals surface area contributed by atoms with Crippen LogP contribution in [0.2, 0.25) is 5.02 Å². The summed E-state index contributed by atoms with van der Waals surface area (Å²) >= 11 is 5.87. The van der Waals surface area contributed by atoms with Gasteiger partial charge in [-0.1, -0.05) is 17.7 Å². The molecule has 0 saturated heterocycles. The second-order valence-electron chi connectivity index (χ2n) is 4.79. The Morgan fingerprint density at radius 2 is 1.79 bits per heavy atom. The Balaban J connectivity index is 1.97. The number of hydrogen-bond donors (Lipinski definition) is 2. The molecule has 2 aromatic carbocycles. The monoisotopic (exact) mass is 343 g/mol. The number of non-ortho nitro benzene ring substituents is 1. The number of nitrogens with one attached hydrogen (secondary N) is 2. The van der Waals surface area contributed by atoms with Crippen molar-refractivity contribution >= 4 is 28.7 Å². The molecule has 1 aromatic heterocycles. The van der Waals surface area contributed by atoms with Crippen molar-refractivity contribution in [3.8, 4) is 11.3 Å². The number of hydrogen-bond acceptors (Lipinski definition) is 5. The van der Waals surface area contributed by atoms with E-state index in [4.69, 9.17) is 11.6 Å². The number of nitro groups is 1. The second kappa shape index (κ2) is 6.47. The molecular weight excluding hydrogens is 334 g/mol. The molecule has 0 bridgehead atoms. The molecule has 0 spiro atoms. The highest BCUT2D eigenvalue weighted by Crippen LogP contribution is 2.28. The largest absolute Gasteiger partial charge is 0.295 e. The minimum Gasteiger partial charge on any atom is -0.295 e. The third-order valence-electron chi connectivity index (χ3n) is 3.19. The third kappa shape index (κ3) is 3.23. The molecule has 8 nitrogen and oxygen atoms in total. The minimum absolute atomic E-state index is 0.0428. The van der Waals surface area contributed by atoms with E-state index >= 15 is 0 Å². The van der Waals surface area contributed by atoms with Crippen molar-refractivity contribution in [3.05, 3.63) is 74.0 Å². The Hall–Kier alpha value is -3.26. The fourth-order valence-corrected chi connectivity index (χ4v) is 2.24. The summed E-state index contributed by atoms with van der Waals surface area (Å²) in [6.07, 6.45) is 0. The summed E-state index contributed by atoms with van der Waals surface area (Å²) < 4.78 is 0. The smallest absolute Gasteiger partial charge is 0.292 e. The lowest BCUT2D eigenvalue weighted by atomic mass is 10.1. The molecule has 0 amide bonds. The molecule has 0 radical (unpaired) electrons. The fourth-order valence-electron chi connectivity index (χ4n) is 2.05. The van der Waals surface area contributed by atoms with Gasteiger partial charge in [-0.25, -0.2) is 0 Å². The van der Waals surface area contributed by atoms with Gasteiger partial charge < -0.3 is 0 Å².